The highest BCUT2D eigenvalue weighted by Crippen LogP contribution is 2.23. The SMILES string of the molecule is CCOC(=O)c1nn(-c2ccc(OC)nc2)c2cccc(Br)c2c1=O. The summed E-state index contributed by atoms with van der Waals surface area (Å²) in [6.07, 6.45) is 1.55. The van der Waals surface area contributed by atoms with Crippen molar-refractivity contribution in [2.24, 2.45) is 0 Å². The van der Waals surface area contributed by atoms with Crippen molar-refractivity contribution in [3.63, 3.8) is 0 Å². The Morgan fingerprint density at radius 1 is 1.28 bits per heavy atom. The highest BCUT2D eigenvalue weighted by Gasteiger charge is 2.20. The number of hydrogen-bond donors (Lipinski definition) is 0. The van der Waals surface area contributed by atoms with Gasteiger partial charge < -0.3 is 9.47 Å². The van der Waals surface area contributed by atoms with Crippen molar-refractivity contribution in [2.75, 3.05) is 13.7 Å². The Hall–Kier alpha value is -2.74. The average molecular weight is 404 g/mol. The summed E-state index contributed by atoms with van der Waals surface area (Å²) < 4.78 is 12.1. The molecule has 0 bridgehead atoms. The lowest BCUT2D eigenvalue weighted by Gasteiger charge is -2.12. The summed E-state index contributed by atoms with van der Waals surface area (Å²) in [5.74, 6) is -0.318. The fourth-order valence-electron chi connectivity index (χ4n) is 2.38. The largest absolute Gasteiger partial charge is 0.481 e. The number of halogens is 1. The van der Waals surface area contributed by atoms with Gasteiger partial charge in [-0.05, 0) is 41.1 Å². The summed E-state index contributed by atoms with van der Waals surface area (Å²) in [5.41, 5.74) is 0.351. The van der Waals surface area contributed by atoms with E-state index in [1.54, 1.807) is 43.5 Å². The zero-order valence-electron chi connectivity index (χ0n) is 13.5. The molecule has 0 saturated carbocycles. The van der Waals surface area contributed by atoms with E-state index in [0.29, 0.717) is 26.9 Å². The van der Waals surface area contributed by atoms with E-state index in [-0.39, 0.29) is 12.3 Å². The lowest BCUT2D eigenvalue weighted by molar-refractivity contribution is 0.0516. The first-order valence-corrected chi connectivity index (χ1v) is 8.25. The first-order chi connectivity index (χ1) is 12.1. The van der Waals surface area contributed by atoms with Gasteiger partial charge >= 0.3 is 5.97 Å². The van der Waals surface area contributed by atoms with E-state index in [2.05, 4.69) is 26.0 Å². The van der Waals surface area contributed by atoms with Gasteiger partial charge in [-0.2, -0.15) is 5.10 Å². The highest BCUT2D eigenvalue weighted by molar-refractivity contribution is 9.10. The lowest BCUT2D eigenvalue weighted by Crippen LogP contribution is -2.24. The smallest absolute Gasteiger partial charge is 0.362 e. The number of methoxy groups -OCH3 is 1. The van der Waals surface area contributed by atoms with Crippen LogP contribution in [0.2, 0.25) is 0 Å². The standard InChI is InChI=1S/C17H14BrN3O4/c1-3-25-17(23)15-16(22)14-11(18)5-4-6-12(14)21(20-15)10-7-8-13(24-2)19-9-10/h4-9H,3H2,1-2H3. The van der Waals surface area contributed by atoms with Gasteiger partial charge in [-0.1, -0.05) is 6.07 Å². The van der Waals surface area contributed by atoms with Gasteiger partial charge in [-0.25, -0.2) is 14.5 Å². The first kappa shape index (κ1) is 17.1. The van der Waals surface area contributed by atoms with E-state index < -0.39 is 11.4 Å². The van der Waals surface area contributed by atoms with E-state index in [1.807, 2.05) is 0 Å². The van der Waals surface area contributed by atoms with Crippen LogP contribution in [0.3, 0.4) is 0 Å². The number of pyridine rings is 1. The summed E-state index contributed by atoms with van der Waals surface area (Å²) in [6, 6.07) is 8.66. The van der Waals surface area contributed by atoms with Crippen LogP contribution in [0, 0.1) is 0 Å². The van der Waals surface area contributed by atoms with Gasteiger partial charge in [0.25, 0.3) is 0 Å². The van der Waals surface area contributed by atoms with Crippen LogP contribution < -0.4 is 10.2 Å². The number of rotatable bonds is 4. The van der Waals surface area contributed by atoms with Gasteiger partial charge in [0.1, 0.15) is 0 Å². The third-order valence-electron chi connectivity index (χ3n) is 3.51. The highest BCUT2D eigenvalue weighted by atomic mass is 79.9. The molecule has 0 aliphatic heterocycles. The Morgan fingerprint density at radius 3 is 2.72 bits per heavy atom. The number of esters is 1. The molecular formula is C17H14BrN3O4. The third kappa shape index (κ3) is 3.12. The topological polar surface area (TPSA) is 83.3 Å². The van der Waals surface area contributed by atoms with Crippen molar-refractivity contribution >= 4 is 32.8 Å². The lowest BCUT2D eigenvalue weighted by atomic mass is 10.2. The molecule has 1 aromatic carbocycles. The number of fused-ring (bicyclic) bond motifs is 1. The molecule has 0 spiro atoms. The first-order valence-electron chi connectivity index (χ1n) is 7.46. The minimum Gasteiger partial charge on any atom is -0.481 e. The number of nitrogens with zero attached hydrogens (tertiary/aromatic N) is 3. The zero-order chi connectivity index (χ0) is 18.0. The molecule has 0 amide bonds. The maximum atomic E-state index is 12.7. The Morgan fingerprint density at radius 2 is 2.08 bits per heavy atom. The normalized spacial score (nSPS) is 10.7. The van der Waals surface area contributed by atoms with E-state index in [9.17, 15) is 9.59 Å². The van der Waals surface area contributed by atoms with Crippen molar-refractivity contribution in [3.8, 4) is 11.6 Å². The van der Waals surface area contributed by atoms with Crippen LogP contribution in [-0.2, 0) is 4.74 Å². The number of aromatic nitrogens is 3. The summed E-state index contributed by atoms with van der Waals surface area (Å²) >= 11 is 3.37. The quantitative estimate of drug-likeness (QED) is 0.622. The zero-order valence-corrected chi connectivity index (χ0v) is 15.1. The number of carbonyl (C=O) groups is 1. The third-order valence-corrected chi connectivity index (χ3v) is 4.17. The maximum Gasteiger partial charge on any atom is 0.362 e. The van der Waals surface area contributed by atoms with Crippen LogP contribution in [-0.4, -0.2) is 34.5 Å². The number of carbonyl (C=O) groups excluding carboxylic acids is 1. The minimum atomic E-state index is -0.764. The summed E-state index contributed by atoms with van der Waals surface area (Å²) in [7, 11) is 1.52. The monoisotopic (exact) mass is 403 g/mol. The van der Waals surface area contributed by atoms with Gasteiger partial charge in [0, 0.05) is 10.5 Å². The molecule has 2 heterocycles. The summed E-state index contributed by atoms with van der Waals surface area (Å²) in [5, 5.41) is 4.56. The molecule has 0 saturated heterocycles. The predicted molar refractivity (Wildman–Crippen MR) is 95.3 cm³/mol. The van der Waals surface area contributed by atoms with Crippen LogP contribution >= 0.6 is 15.9 Å². The second-order valence-corrected chi connectivity index (χ2v) is 5.86. The van der Waals surface area contributed by atoms with E-state index in [0.717, 1.165) is 0 Å². The molecule has 0 fully saturated rings. The molecule has 0 aliphatic carbocycles. The number of ether oxygens (including phenoxy) is 2. The van der Waals surface area contributed by atoms with Gasteiger partial charge in [0.2, 0.25) is 17.0 Å². The molecule has 0 unspecified atom stereocenters. The van der Waals surface area contributed by atoms with Crippen molar-refractivity contribution in [2.45, 2.75) is 6.92 Å². The Labute approximate surface area is 151 Å². The number of hydrogen-bond acceptors (Lipinski definition) is 6. The van der Waals surface area contributed by atoms with Gasteiger partial charge in [0.15, 0.2) is 0 Å². The average Bonchev–Trinajstić information content (AvgIpc) is 2.62. The molecular weight excluding hydrogens is 390 g/mol. The van der Waals surface area contributed by atoms with Crippen molar-refractivity contribution in [3.05, 3.63) is 56.9 Å². The van der Waals surface area contributed by atoms with Crippen LogP contribution in [0.25, 0.3) is 16.6 Å². The van der Waals surface area contributed by atoms with E-state index in [4.69, 9.17) is 9.47 Å². The van der Waals surface area contributed by atoms with Crippen molar-refractivity contribution < 1.29 is 14.3 Å². The molecule has 128 valence electrons. The fraction of sp³-hybridized carbons (Fsp3) is 0.176. The van der Waals surface area contributed by atoms with Gasteiger partial charge in [-0.3, -0.25) is 4.79 Å². The Kier molecular flexibility index (Phi) is 4.80. The van der Waals surface area contributed by atoms with Crippen molar-refractivity contribution in [1.82, 2.24) is 14.8 Å². The molecule has 0 atom stereocenters. The maximum absolute atomic E-state index is 12.7. The molecule has 7 nitrogen and oxygen atoms in total. The minimum absolute atomic E-state index is 0.151. The van der Waals surface area contributed by atoms with Crippen LogP contribution in [0.15, 0.2) is 45.8 Å². The molecule has 3 aromatic rings. The van der Waals surface area contributed by atoms with E-state index in [1.165, 1.54) is 11.8 Å². The van der Waals surface area contributed by atoms with Crippen molar-refractivity contribution in [1.29, 1.82) is 0 Å². The molecule has 0 radical (unpaired) electrons. The number of benzene rings is 1. The fourth-order valence-corrected chi connectivity index (χ4v) is 2.92. The molecule has 25 heavy (non-hydrogen) atoms. The van der Waals surface area contributed by atoms with Crippen LogP contribution in [0.1, 0.15) is 17.4 Å². The van der Waals surface area contributed by atoms with Gasteiger partial charge in [0.05, 0.1) is 36.5 Å². The predicted octanol–water partition coefficient (Wildman–Crippen LogP) is 2.73. The Balaban J connectivity index is 2.33. The second kappa shape index (κ2) is 7.02. The molecule has 0 aliphatic rings. The molecule has 3 rings (SSSR count). The Bertz CT molecular complexity index is 999. The molecule has 8 heteroatoms. The molecule has 2 aromatic heterocycles. The van der Waals surface area contributed by atoms with E-state index >= 15 is 0 Å². The molecule has 0 N–H and O–H groups in total. The summed E-state index contributed by atoms with van der Waals surface area (Å²) in [4.78, 5) is 29.0. The second-order valence-electron chi connectivity index (χ2n) is 5.00. The van der Waals surface area contributed by atoms with Gasteiger partial charge in [-0.15, -0.1) is 0 Å². The van der Waals surface area contributed by atoms with Crippen LogP contribution in [0.5, 0.6) is 5.88 Å². The van der Waals surface area contributed by atoms with Crippen LogP contribution in [0.4, 0.5) is 0 Å². The summed E-state index contributed by atoms with van der Waals surface area (Å²) in [6.45, 7) is 1.82.